The molecule has 3 aromatic heterocycles. The predicted molar refractivity (Wildman–Crippen MR) is 97.8 cm³/mol. The third-order valence-electron chi connectivity index (χ3n) is 3.42. The number of esters is 1. The molecule has 132 valence electrons. The molecule has 0 radical (unpaired) electrons. The number of nitrogens with zero attached hydrogens (tertiary/aromatic N) is 3. The van der Waals surface area contributed by atoms with Crippen LogP contribution >= 0.6 is 22.7 Å². The normalized spacial score (nSPS) is 11.0. The van der Waals surface area contributed by atoms with Crippen LogP contribution in [0.2, 0.25) is 0 Å². The summed E-state index contributed by atoms with van der Waals surface area (Å²) in [7, 11) is 0. The number of nitrogens with one attached hydrogen (secondary N) is 2. The molecule has 0 bridgehead atoms. The smallest absolute Gasteiger partial charge is 0.348 e. The lowest BCUT2D eigenvalue weighted by Gasteiger charge is -1.99. The van der Waals surface area contributed by atoms with Crippen molar-refractivity contribution in [3.8, 4) is 0 Å². The van der Waals surface area contributed by atoms with Gasteiger partial charge in [0, 0.05) is 6.54 Å². The average Bonchev–Trinajstić information content (AvgIpc) is 3.13. The number of thiophene rings is 1. The van der Waals surface area contributed by atoms with E-state index in [1.807, 2.05) is 6.92 Å². The van der Waals surface area contributed by atoms with Gasteiger partial charge in [-0.25, -0.2) is 9.78 Å². The number of aromatic amines is 1. The van der Waals surface area contributed by atoms with Crippen molar-refractivity contribution in [2.45, 2.75) is 27.2 Å². The Hall–Kier alpha value is -2.33. The Labute approximate surface area is 151 Å². The molecule has 2 N–H and O–H groups in total. The zero-order valence-corrected chi connectivity index (χ0v) is 15.6. The van der Waals surface area contributed by atoms with E-state index in [9.17, 15) is 9.59 Å². The highest BCUT2D eigenvalue weighted by molar-refractivity contribution is 7.20. The van der Waals surface area contributed by atoms with Gasteiger partial charge in [-0.2, -0.15) is 0 Å². The van der Waals surface area contributed by atoms with Gasteiger partial charge < -0.3 is 15.0 Å². The third kappa shape index (κ3) is 3.54. The van der Waals surface area contributed by atoms with Gasteiger partial charge in [0.25, 0.3) is 5.56 Å². The SMILES string of the molecule is CCNc1nnc(Cc2nc3sc(C(=O)OCC)c(C)c3c(=O)[nH]2)s1. The van der Waals surface area contributed by atoms with Crippen LogP contribution in [0.4, 0.5) is 5.13 Å². The predicted octanol–water partition coefficient (Wildman–Crippen LogP) is 2.34. The van der Waals surface area contributed by atoms with Gasteiger partial charge in [-0.3, -0.25) is 4.79 Å². The summed E-state index contributed by atoms with van der Waals surface area (Å²) in [5, 5.41) is 13.1. The molecule has 0 aliphatic heterocycles. The Kier molecular flexibility index (Phi) is 5.09. The summed E-state index contributed by atoms with van der Waals surface area (Å²) in [6, 6.07) is 0. The molecule has 0 spiro atoms. The van der Waals surface area contributed by atoms with Crippen molar-refractivity contribution in [1.82, 2.24) is 20.2 Å². The van der Waals surface area contributed by atoms with Crippen LogP contribution in [-0.2, 0) is 11.2 Å². The van der Waals surface area contributed by atoms with Crippen LogP contribution in [0.5, 0.6) is 0 Å². The van der Waals surface area contributed by atoms with E-state index in [-0.39, 0.29) is 12.2 Å². The summed E-state index contributed by atoms with van der Waals surface area (Å²) in [6.45, 7) is 6.50. The molecule has 10 heteroatoms. The van der Waals surface area contributed by atoms with Crippen molar-refractivity contribution in [2.24, 2.45) is 0 Å². The molecule has 3 rings (SSSR count). The number of hydrogen-bond acceptors (Lipinski definition) is 9. The van der Waals surface area contributed by atoms with Crippen LogP contribution in [0.1, 0.15) is 39.9 Å². The summed E-state index contributed by atoms with van der Waals surface area (Å²) in [6.07, 6.45) is 0.375. The van der Waals surface area contributed by atoms with Gasteiger partial charge in [-0.15, -0.1) is 21.5 Å². The summed E-state index contributed by atoms with van der Waals surface area (Å²) in [4.78, 5) is 32.6. The van der Waals surface area contributed by atoms with Gasteiger partial charge in [-0.1, -0.05) is 11.3 Å². The second-order valence-corrected chi connectivity index (χ2v) is 7.24. The van der Waals surface area contributed by atoms with Crippen molar-refractivity contribution in [3.63, 3.8) is 0 Å². The molecule has 0 saturated carbocycles. The van der Waals surface area contributed by atoms with Crippen molar-refractivity contribution < 1.29 is 9.53 Å². The first-order valence-electron chi connectivity index (χ1n) is 7.79. The molecule has 8 nitrogen and oxygen atoms in total. The minimum atomic E-state index is -0.427. The van der Waals surface area contributed by atoms with Crippen LogP contribution in [0.3, 0.4) is 0 Å². The Morgan fingerprint density at radius 2 is 2.08 bits per heavy atom. The maximum Gasteiger partial charge on any atom is 0.348 e. The van der Waals surface area contributed by atoms with E-state index in [4.69, 9.17) is 4.74 Å². The van der Waals surface area contributed by atoms with E-state index in [0.717, 1.165) is 16.7 Å². The standard InChI is InChI=1S/C15H17N5O3S2/c1-4-16-15-20-19-9(24-15)6-8-17-12(21)10-7(3)11(14(22)23-5-2)25-13(10)18-8/h4-6H2,1-3H3,(H,16,20)(H,17,18,21). The van der Waals surface area contributed by atoms with E-state index < -0.39 is 5.97 Å². The lowest BCUT2D eigenvalue weighted by Crippen LogP contribution is -2.12. The highest BCUT2D eigenvalue weighted by Crippen LogP contribution is 2.28. The Morgan fingerprint density at radius 1 is 1.28 bits per heavy atom. The van der Waals surface area contributed by atoms with E-state index in [0.29, 0.717) is 32.9 Å². The molecule has 25 heavy (non-hydrogen) atoms. The van der Waals surface area contributed by atoms with E-state index in [1.54, 1.807) is 13.8 Å². The van der Waals surface area contributed by atoms with Gasteiger partial charge >= 0.3 is 5.97 Å². The maximum atomic E-state index is 12.4. The number of carbonyl (C=O) groups is 1. The number of fused-ring (bicyclic) bond motifs is 1. The van der Waals surface area contributed by atoms with Crippen LogP contribution in [0.25, 0.3) is 10.2 Å². The molecule has 0 fully saturated rings. The highest BCUT2D eigenvalue weighted by atomic mass is 32.1. The van der Waals surface area contributed by atoms with Crippen LogP contribution in [0, 0.1) is 6.92 Å². The van der Waals surface area contributed by atoms with Gasteiger partial charge in [-0.05, 0) is 26.3 Å². The number of hydrogen-bond donors (Lipinski definition) is 2. The number of aryl methyl sites for hydroxylation is 1. The van der Waals surface area contributed by atoms with Crippen molar-refractivity contribution >= 4 is 44.0 Å². The number of carbonyl (C=O) groups excluding carboxylic acids is 1. The van der Waals surface area contributed by atoms with Crippen molar-refractivity contribution in [2.75, 3.05) is 18.5 Å². The Bertz CT molecular complexity index is 975. The van der Waals surface area contributed by atoms with E-state index in [1.165, 1.54) is 22.7 Å². The monoisotopic (exact) mass is 379 g/mol. The minimum Gasteiger partial charge on any atom is -0.462 e. The summed E-state index contributed by atoms with van der Waals surface area (Å²) >= 11 is 2.59. The van der Waals surface area contributed by atoms with Crippen molar-refractivity contribution in [3.05, 3.63) is 31.6 Å². The molecule has 0 amide bonds. The molecule has 0 atom stereocenters. The summed E-state index contributed by atoms with van der Waals surface area (Å²) in [5.74, 6) is 0.0664. The summed E-state index contributed by atoms with van der Waals surface area (Å²) < 4.78 is 5.04. The zero-order chi connectivity index (χ0) is 18.0. The molecule has 0 aliphatic carbocycles. The molecular weight excluding hydrogens is 362 g/mol. The number of H-pyrrole nitrogens is 1. The van der Waals surface area contributed by atoms with Gasteiger partial charge in [0.05, 0.1) is 18.4 Å². The number of anilines is 1. The minimum absolute atomic E-state index is 0.263. The number of aromatic nitrogens is 4. The third-order valence-corrected chi connectivity index (χ3v) is 5.47. The fourth-order valence-electron chi connectivity index (χ4n) is 2.35. The Morgan fingerprint density at radius 3 is 2.80 bits per heavy atom. The molecular formula is C15H17N5O3S2. The molecule has 0 unspecified atom stereocenters. The lowest BCUT2D eigenvalue weighted by molar-refractivity contribution is 0.0531. The Balaban J connectivity index is 1.95. The van der Waals surface area contributed by atoms with Crippen molar-refractivity contribution in [1.29, 1.82) is 0 Å². The second kappa shape index (κ2) is 7.28. The first kappa shape index (κ1) is 17.5. The fourth-order valence-corrected chi connectivity index (χ4v) is 4.26. The summed E-state index contributed by atoms with van der Waals surface area (Å²) in [5.41, 5.74) is 0.338. The topological polar surface area (TPSA) is 110 Å². The van der Waals surface area contributed by atoms with Gasteiger partial charge in [0.15, 0.2) is 0 Å². The van der Waals surface area contributed by atoms with E-state index in [2.05, 4.69) is 25.5 Å². The zero-order valence-electron chi connectivity index (χ0n) is 14.0. The molecule has 0 aromatic carbocycles. The number of rotatable bonds is 6. The van der Waals surface area contributed by atoms with Crippen LogP contribution in [0.15, 0.2) is 4.79 Å². The van der Waals surface area contributed by atoms with Crippen LogP contribution < -0.4 is 10.9 Å². The van der Waals surface area contributed by atoms with Crippen LogP contribution in [-0.4, -0.2) is 39.3 Å². The largest absolute Gasteiger partial charge is 0.462 e. The second-order valence-electron chi connectivity index (χ2n) is 5.18. The lowest BCUT2D eigenvalue weighted by atomic mass is 10.2. The molecule has 3 heterocycles. The molecule has 3 aromatic rings. The molecule has 0 saturated heterocycles. The van der Waals surface area contributed by atoms with E-state index >= 15 is 0 Å². The first-order valence-corrected chi connectivity index (χ1v) is 9.42. The maximum absolute atomic E-state index is 12.4. The average molecular weight is 379 g/mol. The molecule has 0 aliphatic rings. The number of ether oxygens (including phenoxy) is 1. The van der Waals surface area contributed by atoms with Gasteiger partial charge in [0.1, 0.15) is 20.5 Å². The quantitative estimate of drug-likeness (QED) is 0.633. The fraction of sp³-hybridized carbons (Fsp3) is 0.400. The van der Waals surface area contributed by atoms with Gasteiger partial charge in [0.2, 0.25) is 5.13 Å². The highest BCUT2D eigenvalue weighted by Gasteiger charge is 2.20. The first-order chi connectivity index (χ1) is 12.0.